The molecule has 0 bridgehead atoms. The Hall–Kier alpha value is -1.67. The smallest absolute Gasteiger partial charge is 0.345 e. The quantitative estimate of drug-likeness (QED) is 0.322. The SMILES string of the molecule is O=C(O)C[C@](O)(CC(=O)OO)C(=O)O. The largest absolute Gasteiger partial charge is 0.481 e. The van der Waals surface area contributed by atoms with E-state index in [4.69, 9.17) is 20.6 Å². The van der Waals surface area contributed by atoms with E-state index in [2.05, 4.69) is 4.89 Å². The lowest BCUT2D eigenvalue weighted by atomic mass is 9.96. The standard InChI is InChI=1S/C6H8O8/c7-3(8)1-6(12,5(10)11)2-4(9)14-13/h12-13H,1-2H2,(H,7,8)(H,10,11)/t6-/m0/s1. The summed E-state index contributed by atoms with van der Waals surface area (Å²) in [5.41, 5.74) is -2.77. The molecule has 14 heavy (non-hydrogen) atoms. The van der Waals surface area contributed by atoms with Crippen molar-refractivity contribution in [3.8, 4) is 0 Å². The molecule has 0 rings (SSSR count). The zero-order valence-corrected chi connectivity index (χ0v) is 6.84. The summed E-state index contributed by atoms with van der Waals surface area (Å²) in [5, 5.41) is 33.6. The van der Waals surface area contributed by atoms with Gasteiger partial charge in [-0.05, 0) is 0 Å². The Morgan fingerprint density at radius 3 is 1.93 bits per heavy atom. The molecule has 0 saturated heterocycles. The molecule has 4 N–H and O–H groups in total. The Morgan fingerprint density at radius 2 is 1.64 bits per heavy atom. The fourth-order valence-electron chi connectivity index (χ4n) is 0.735. The number of hydrogen-bond donors (Lipinski definition) is 4. The maximum absolute atomic E-state index is 10.4. The van der Waals surface area contributed by atoms with Crippen LogP contribution in [0.25, 0.3) is 0 Å². The lowest BCUT2D eigenvalue weighted by Crippen LogP contribution is -2.43. The Bertz CT molecular complexity index is 259. The monoisotopic (exact) mass is 208 g/mol. The summed E-state index contributed by atoms with van der Waals surface area (Å²) in [6, 6.07) is 0. The molecule has 8 heteroatoms. The summed E-state index contributed by atoms with van der Waals surface area (Å²) >= 11 is 0. The van der Waals surface area contributed by atoms with Crippen molar-refractivity contribution in [2.75, 3.05) is 0 Å². The second kappa shape index (κ2) is 4.53. The predicted octanol–water partition coefficient (Wildman–Crippen LogP) is -1.32. The predicted molar refractivity (Wildman–Crippen MR) is 38.2 cm³/mol. The van der Waals surface area contributed by atoms with E-state index in [-0.39, 0.29) is 0 Å². The highest BCUT2D eigenvalue weighted by molar-refractivity contribution is 5.88. The van der Waals surface area contributed by atoms with Gasteiger partial charge in [0.05, 0.1) is 12.8 Å². The van der Waals surface area contributed by atoms with E-state index >= 15 is 0 Å². The van der Waals surface area contributed by atoms with Crippen molar-refractivity contribution in [2.24, 2.45) is 0 Å². The van der Waals surface area contributed by atoms with Gasteiger partial charge in [-0.1, -0.05) is 0 Å². The molecule has 0 aliphatic rings. The van der Waals surface area contributed by atoms with Gasteiger partial charge in [0, 0.05) is 0 Å². The second-order valence-electron chi connectivity index (χ2n) is 2.55. The Kier molecular flexibility index (Phi) is 3.99. The van der Waals surface area contributed by atoms with Crippen molar-refractivity contribution in [1.29, 1.82) is 0 Å². The molecule has 0 spiro atoms. The van der Waals surface area contributed by atoms with E-state index < -0.39 is 36.4 Å². The highest BCUT2D eigenvalue weighted by Crippen LogP contribution is 2.16. The first-order chi connectivity index (χ1) is 6.31. The lowest BCUT2D eigenvalue weighted by Gasteiger charge is -2.18. The van der Waals surface area contributed by atoms with Crippen LogP contribution < -0.4 is 0 Å². The van der Waals surface area contributed by atoms with Crippen molar-refractivity contribution in [1.82, 2.24) is 0 Å². The third kappa shape index (κ3) is 3.37. The summed E-state index contributed by atoms with van der Waals surface area (Å²) in [6.45, 7) is 0. The van der Waals surface area contributed by atoms with Gasteiger partial charge in [0.15, 0.2) is 5.60 Å². The van der Waals surface area contributed by atoms with Crippen molar-refractivity contribution in [2.45, 2.75) is 18.4 Å². The maximum Gasteiger partial charge on any atom is 0.345 e. The van der Waals surface area contributed by atoms with Crippen LogP contribution in [-0.2, 0) is 19.3 Å². The van der Waals surface area contributed by atoms with Crippen LogP contribution >= 0.6 is 0 Å². The van der Waals surface area contributed by atoms with Crippen LogP contribution in [0.15, 0.2) is 0 Å². The van der Waals surface area contributed by atoms with Crippen LogP contribution in [0.5, 0.6) is 0 Å². The summed E-state index contributed by atoms with van der Waals surface area (Å²) in [6.07, 6.45) is -2.32. The lowest BCUT2D eigenvalue weighted by molar-refractivity contribution is -0.238. The van der Waals surface area contributed by atoms with Crippen molar-refractivity contribution in [3.63, 3.8) is 0 Å². The number of carboxylic acid groups (broad SMARTS) is 2. The summed E-state index contributed by atoms with van der Waals surface area (Å²) in [4.78, 5) is 34.1. The normalized spacial score (nSPS) is 14.1. The highest BCUT2D eigenvalue weighted by atomic mass is 17.1. The first-order valence-electron chi connectivity index (χ1n) is 3.33. The molecule has 0 radical (unpaired) electrons. The van der Waals surface area contributed by atoms with Gasteiger partial charge in [0.1, 0.15) is 0 Å². The summed E-state index contributed by atoms with van der Waals surface area (Å²) in [5.74, 6) is -4.91. The molecule has 0 aromatic carbocycles. The van der Waals surface area contributed by atoms with Crippen LogP contribution in [0, 0.1) is 0 Å². The van der Waals surface area contributed by atoms with Crippen molar-refractivity contribution >= 4 is 17.9 Å². The molecule has 8 nitrogen and oxygen atoms in total. The van der Waals surface area contributed by atoms with Gasteiger partial charge in [0.25, 0.3) is 0 Å². The van der Waals surface area contributed by atoms with Crippen LogP contribution in [0.1, 0.15) is 12.8 Å². The third-order valence-electron chi connectivity index (χ3n) is 1.38. The molecule has 0 aromatic heterocycles. The molecule has 0 amide bonds. The molecule has 0 aliphatic carbocycles. The Balaban J connectivity index is 4.63. The van der Waals surface area contributed by atoms with Gasteiger partial charge < -0.3 is 20.2 Å². The van der Waals surface area contributed by atoms with Gasteiger partial charge in [-0.15, -0.1) is 0 Å². The Morgan fingerprint density at radius 1 is 1.14 bits per heavy atom. The van der Waals surface area contributed by atoms with Gasteiger partial charge >= 0.3 is 17.9 Å². The molecule has 0 unspecified atom stereocenters. The van der Waals surface area contributed by atoms with Crippen LogP contribution in [-0.4, -0.2) is 44.1 Å². The van der Waals surface area contributed by atoms with Crippen LogP contribution in [0.3, 0.4) is 0 Å². The molecule has 0 heterocycles. The number of carbonyl (C=O) groups excluding carboxylic acids is 1. The van der Waals surface area contributed by atoms with Crippen LogP contribution in [0.2, 0.25) is 0 Å². The number of aliphatic hydroxyl groups is 1. The van der Waals surface area contributed by atoms with Crippen molar-refractivity contribution < 1.29 is 39.8 Å². The van der Waals surface area contributed by atoms with Gasteiger partial charge in [-0.2, -0.15) is 5.26 Å². The molecule has 0 aliphatic heterocycles. The Labute approximate surface area is 77.3 Å². The van der Waals surface area contributed by atoms with Gasteiger partial charge in [-0.3, -0.25) is 4.79 Å². The fraction of sp³-hybridized carbons (Fsp3) is 0.500. The minimum absolute atomic E-state index is 1.15. The summed E-state index contributed by atoms with van der Waals surface area (Å²) in [7, 11) is 0. The molecule has 0 saturated carbocycles. The summed E-state index contributed by atoms with van der Waals surface area (Å²) < 4.78 is 0. The van der Waals surface area contributed by atoms with Gasteiger partial charge in [0.2, 0.25) is 0 Å². The molecule has 1 atom stereocenters. The number of carbonyl (C=O) groups is 3. The van der Waals surface area contributed by atoms with Gasteiger partial charge in [-0.25, -0.2) is 9.59 Å². The molecular formula is C6H8O8. The number of carboxylic acids is 2. The first kappa shape index (κ1) is 12.3. The van der Waals surface area contributed by atoms with E-state index in [1.54, 1.807) is 0 Å². The molecule has 80 valence electrons. The highest BCUT2D eigenvalue weighted by Gasteiger charge is 2.41. The van der Waals surface area contributed by atoms with E-state index in [1.165, 1.54) is 0 Å². The van der Waals surface area contributed by atoms with E-state index in [1.807, 2.05) is 0 Å². The zero-order valence-electron chi connectivity index (χ0n) is 6.84. The minimum Gasteiger partial charge on any atom is -0.481 e. The molecular weight excluding hydrogens is 200 g/mol. The fourth-order valence-corrected chi connectivity index (χ4v) is 0.735. The minimum atomic E-state index is -2.77. The number of rotatable bonds is 5. The van der Waals surface area contributed by atoms with Crippen molar-refractivity contribution in [3.05, 3.63) is 0 Å². The molecule has 0 fully saturated rings. The van der Waals surface area contributed by atoms with E-state index in [0.717, 1.165) is 0 Å². The zero-order chi connectivity index (χ0) is 11.4. The second-order valence-corrected chi connectivity index (χ2v) is 2.55. The maximum atomic E-state index is 10.4. The van der Waals surface area contributed by atoms with E-state index in [9.17, 15) is 14.4 Å². The topological polar surface area (TPSA) is 141 Å². The molecule has 0 aromatic rings. The number of aliphatic carboxylic acids is 2. The van der Waals surface area contributed by atoms with Crippen LogP contribution in [0.4, 0.5) is 0 Å². The van der Waals surface area contributed by atoms with E-state index in [0.29, 0.717) is 0 Å². The average molecular weight is 208 g/mol. The third-order valence-corrected chi connectivity index (χ3v) is 1.38. The average Bonchev–Trinajstić information content (AvgIpc) is 2.02. The first-order valence-corrected chi connectivity index (χ1v) is 3.33. The number of hydrogen-bond acceptors (Lipinski definition) is 6.